The Kier molecular flexibility index (Phi) is 3.92. The van der Waals surface area contributed by atoms with E-state index in [1.165, 1.54) is 35.6 Å². The number of anilines is 1. The molecule has 1 aromatic heterocycles. The summed E-state index contributed by atoms with van der Waals surface area (Å²) in [4.78, 5) is 22.0. The number of nitrogens with one attached hydrogen (secondary N) is 1. The fourth-order valence-corrected chi connectivity index (χ4v) is 2.76. The Morgan fingerprint density at radius 3 is 2.95 bits per heavy atom. The number of nitrogens with zero attached hydrogens (tertiary/aromatic N) is 3. The largest absolute Gasteiger partial charge is 0.297 e. The lowest BCUT2D eigenvalue weighted by Gasteiger charge is -1.96. The van der Waals surface area contributed by atoms with Gasteiger partial charge in [-0.05, 0) is 24.5 Å². The van der Waals surface area contributed by atoms with E-state index in [4.69, 9.17) is 0 Å². The number of nitro groups is 1. The fourth-order valence-electron chi connectivity index (χ4n) is 1.84. The van der Waals surface area contributed by atoms with Gasteiger partial charge in [0, 0.05) is 24.1 Å². The number of aromatic nitrogens is 2. The number of amides is 1. The summed E-state index contributed by atoms with van der Waals surface area (Å²) in [5.41, 5.74) is 0.570. The third-order valence-corrected chi connectivity index (χ3v) is 4.11. The molecule has 0 unspecified atom stereocenters. The Morgan fingerprint density at radius 2 is 2.23 bits per heavy atom. The topological polar surface area (TPSA) is 98.0 Å². The van der Waals surface area contributed by atoms with Crippen LogP contribution in [0.25, 0.3) is 6.08 Å². The number of carbonyl (C=O) groups is 1. The Balaban J connectivity index is 1.62. The molecule has 0 bridgehead atoms. The molecular weight excluding hydrogens is 304 g/mol. The van der Waals surface area contributed by atoms with Crippen molar-refractivity contribution in [1.29, 1.82) is 0 Å². The van der Waals surface area contributed by atoms with Crippen molar-refractivity contribution in [2.75, 3.05) is 5.32 Å². The fraction of sp³-hybridized carbons (Fsp3) is 0.214. The van der Waals surface area contributed by atoms with E-state index >= 15 is 0 Å². The standard InChI is InChI=1S/C14H12N4O3S/c19-12(15-14-17-16-13(22-14)10-5-6-10)7-4-9-2-1-3-11(8-9)18(20)21/h1-4,7-8,10H,5-6H2,(H,15,17,19). The maximum atomic E-state index is 11.8. The van der Waals surface area contributed by atoms with Gasteiger partial charge in [0.25, 0.3) is 5.69 Å². The van der Waals surface area contributed by atoms with Crippen molar-refractivity contribution >= 4 is 34.1 Å². The zero-order chi connectivity index (χ0) is 15.5. The predicted octanol–water partition coefficient (Wildman–Crippen LogP) is 2.98. The summed E-state index contributed by atoms with van der Waals surface area (Å²) in [6.07, 6.45) is 5.10. The second kappa shape index (κ2) is 6.02. The molecule has 1 fully saturated rings. The van der Waals surface area contributed by atoms with E-state index in [-0.39, 0.29) is 11.6 Å². The van der Waals surface area contributed by atoms with Crippen LogP contribution in [0.5, 0.6) is 0 Å². The van der Waals surface area contributed by atoms with Gasteiger partial charge >= 0.3 is 0 Å². The van der Waals surface area contributed by atoms with Crippen LogP contribution in [0.2, 0.25) is 0 Å². The van der Waals surface area contributed by atoms with Gasteiger partial charge in [0.1, 0.15) is 5.01 Å². The first-order chi connectivity index (χ1) is 10.6. The Labute approximate surface area is 129 Å². The van der Waals surface area contributed by atoms with Gasteiger partial charge in [-0.25, -0.2) is 0 Å². The summed E-state index contributed by atoms with van der Waals surface area (Å²) in [5.74, 6) is 0.161. The van der Waals surface area contributed by atoms with Gasteiger partial charge in [-0.1, -0.05) is 23.5 Å². The van der Waals surface area contributed by atoms with E-state index in [9.17, 15) is 14.9 Å². The van der Waals surface area contributed by atoms with Crippen LogP contribution in [0.15, 0.2) is 30.3 Å². The minimum Gasteiger partial charge on any atom is -0.297 e. The van der Waals surface area contributed by atoms with E-state index in [0.29, 0.717) is 16.6 Å². The van der Waals surface area contributed by atoms with Crippen LogP contribution >= 0.6 is 11.3 Å². The summed E-state index contributed by atoms with van der Waals surface area (Å²) in [6.45, 7) is 0. The van der Waals surface area contributed by atoms with Crippen LogP contribution in [-0.4, -0.2) is 21.0 Å². The maximum absolute atomic E-state index is 11.8. The molecule has 0 aliphatic heterocycles. The Morgan fingerprint density at radius 1 is 1.41 bits per heavy atom. The highest BCUT2D eigenvalue weighted by Gasteiger charge is 2.27. The molecule has 0 radical (unpaired) electrons. The molecule has 1 amide bonds. The zero-order valence-corrected chi connectivity index (χ0v) is 12.2. The molecule has 2 aromatic rings. The first kappa shape index (κ1) is 14.3. The number of carbonyl (C=O) groups excluding carboxylic acids is 1. The van der Waals surface area contributed by atoms with Crippen molar-refractivity contribution in [2.45, 2.75) is 18.8 Å². The second-order valence-corrected chi connectivity index (χ2v) is 5.90. The Bertz CT molecular complexity index is 752. The monoisotopic (exact) mass is 316 g/mol. The molecule has 0 spiro atoms. The lowest BCUT2D eigenvalue weighted by Crippen LogP contribution is -2.07. The number of hydrogen-bond donors (Lipinski definition) is 1. The Hall–Kier alpha value is -2.61. The molecule has 8 heteroatoms. The quantitative estimate of drug-likeness (QED) is 0.519. The highest BCUT2D eigenvalue weighted by molar-refractivity contribution is 7.15. The van der Waals surface area contributed by atoms with E-state index in [2.05, 4.69) is 15.5 Å². The summed E-state index contributed by atoms with van der Waals surface area (Å²) >= 11 is 1.38. The van der Waals surface area contributed by atoms with Crippen molar-refractivity contribution in [3.05, 3.63) is 51.0 Å². The van der Waals surface area contributed by atoms with Crippen molar-refractivity contribution < 1.29 is 9.72 Å². The van der Waals surface area contributed by atoms with E-state index in [0.717, 1.165) is 17.8 Å². The lowest BCUT2D eigenvalue weighted by molar-refractivity contribution is -0.384. The molecule has 1 aromatic carbocycles. The number of non-ortho nitro benzene ring substituents is 1. The first-order valence-corrected chi connectivity index (χ1v) is 7.50. The van der Waals surface area contributed by atoms with E-state index in [1.54, 1.807) is 12.1 Å². The highest BCUT2D eigenvalue weighted by atomic mass is 32.1. The predicted molar refractivity (Wildman–Crippen MR) is 82.6 cm³/mol. The molecule has 3 rings (SSSR count). The molecule has 112 valence electrons. The third kappa shape index (κ3) is 3.53. The van der Waals surface area contributed by atoms with Gasteiger partial charge in [-0.3, -0.25) is 20.2 Å². The van der Waals surface area contributed by atoms with Crippen molar-refractivity contribution in [1.82, 2.24) is 10.2 Å². The maximum Gasteiger partial charge on any atom is 0.270 e. The molecule has 1 heterocycles. The van der Waals surface area contributed by atoms with Crippen LogP contribution in [0.3, 0.4) is 0 Å². The average molecular weight is 316 g/mol. The summed E-state index contributed by atoms with van der Waals surface area (Å²) < 4.78 is 0. The second-order valence-electron chi connectivity index (χ2n) is 4.89. The van der Waals surface area contributed by atoms with Crippen LogP contribution < -0.4 is 5.32 Å². The first-order valence-electron chi connectivity index (χ1n) is 6.69. The summed E-state index contributed by atoms with van der Waals surface area (Å²) in [6, 6.07) is 6.06. The van der Waals surface area contributed by atoms with E-state index < -0.39 is 4.92 Å². The molecular formula is C14H12N4O3S. The zero-order valence-electron chi connectivity index (χ0n) is 11.4. The van der Waals surface area contributed by atoms with Crippen LogP contribution in [-0.2, 0) is 4.79 Å². The molecule has 0 saturated heterocycles. The van der Waals surface area contributed by atoms with Gasteiger partial charge in [0.05, 0.1) is 4.92 Å². The van der Waals surface area contributed by atoms with Gasteiger partial charge in [-0.2, -0.15) is 0 Å². The molecule has 1 saturated carbocycles. The van der Waals surface area contributed by atoms with Crippen LogP contribution in [0.1, 0.15) is 29.3 Å². The highest BCUT2D eigenvalue weighted by Crippen LogP contribution is 2.41. The summed E-state index contributed by atoms with van der Waals surface area (Å²) in [7, 11) is 0. The van der Waals surface area contributed by atoms with Crippen molar-refractivity contribution in [2.24, 2.45) is 0 Å². The van der Waals surface area contributed by atoms with Crippen molar-refractivity contribution in [3.8, 4) is 0 Å². The smallest absolute Gasteiger partial charge is 0.270 e. The minimum atomic E-state index is -0.474. The normalized spacial score (nSPS) is 14.2. The number of benzene rings is 1. The molecule has 1 N–H and O–H groups in total. The number of nitro benzene ring substituents is 1. The molecule has 1 aliphatic rings. The van der Waals surface area contributed by atoms with E-state index in [1.807, 2.05) is 0 Å². The number of rotatable bonds is 5. The number of hydrogen-bond acceptors (Lipinski definition) is 6. The van der Waals surface area contributed by atoms with Crippen molar-refractivity contribution in [3.63, 3.8) is 0 Å². The minimum absolute atomic E-state index is 0.0132. The van der Waals surface area contributed by atoms with Gasteiger partial charge in [0.2, 0.25) is 11.0 Å². The average Bonchev–Trinajstić information content (AvgIpc) is 3.26. The van der Waals surface area contributed by atoms with Crippen LogP contribution in [0, 0.1) is 10.1 Å². The molecule has 7 nitrogen and oxygen atoms in total. The molecule has 22 heavy (non-hydrogen) atoms. The SMILES string of the molecule is O=C(C=Cc1cccc([N+](=O)[O-])c1)Nc1nnc(C2CC2)s1. The molecule has 1 aliphatic carbocycles. The van der Waals surface area contributed by atoms with Gasteiger partial charge in [-0.15, -0.1) is 10.2 Å². The summed E-state index contributed by atoms with van der Waals surface area (Å²) in [5, 5.41) is 22.7. The third-order valence-electron chi connectivity index (χ3n) is 3.11. The lowest BCUT2D eigenvalue weighted by atomic mass is 10.2. The van der Waals surface area contributed by atoms with Gasteiger partial charge in [0.15, 0.2) is 0 Å². The molecule has 0 atom stereocenters. The van der Waals surface area contributed by atoms with Gasteiger partial charge < -0.3 is 0 Å². The van der Waals surface area contributed by atoms with Crippen LogP contribution in [0.4, 0.5) is 10.8 Å².